The van der Waals surface area contributed by atoms with Crippen molar-refractivity contribution in [1.29, 1.82) is 0 Å². The Hall–Kier alpha value is -1.66. The topological polar surface area (TPSA) is 61.4 Å². The maximum absolute atomic E-state index is 13.2. The normalized spacial score (nSPS) is 16.0. The lowest BCUT2D eigenvalue weighted by atomic mass is 9.98. The predicted octanol–water partition coefficient (Wildman–Crippen LogP) is 3.90. The third-order valence-electron chi connectivity index (χ3n) is 4.78. The van der Waals surface area contributed by atoms with Gasteiger partial charge in [0.05, 0.1) is 6.04 Å². The molecule has 1 fully saturated rings. The molecule has 3 N–H and O–H groups in total. The van der Waals surface area contributed by atoms with Crippen molar-refractivity contribution in [2.75, 3.05) is 6.67 Å². The number of amides is 1. The van der Waals surface area contributed by atoms with Gasteiger partial charge in [-0.25, -0.2) is 4.39 Å². The molecule has 1 aliphatic rings. The van der Waals surface area contributed by atoms with Gasteiger partial charge in [-0.1, -0.05) is 71.7 Å². The molecular weight excluding hydrogens is 402 g/mol. The summed E-state index contributed by atoms with van der Waals surface area (Å²) in [5.74, 6) is -0.738. The zero-order valence-electron chi connectivity index (χ0n) is 15.2. The summed E-state index contributed by atoms with van der Waals surface area (Å²) in [7, 11) is 0. The predicted molar refractivity (Wildman–Crippen MR) is 110 cm³/mol. The zero-order valence-corrected chi connectivity index (χ0v) is 16.8. The van der Waals surface area contributed by atoms with E-state index in [4.69, 9.17) is 23.2 Å². The lowest BCUT2D eigenvalue weighted by Crippen LogP contribution is -2.43. The summed E-state index contributed by atoms with van der Waals surface area (Å²) in [6.07, 6.45) is 1.33. The molecule has 0 bridgehead atoms. The number of hydrogen-bond acceptors (Lipinski definition) is 3. The first-order valence-corrected chi connectivity index (χ1v) is 10.1. The van der Waals surface area contributed by atoms with Crippen molar-refractivity contribution in [3.8, 4) is 11.1 Å². The lowest BCUT2D eigenvalue weighted by Gasteiger charge is -2.22. The maximum Gasteiger partial charge on any atom is 0.253 e. The number of rotatable bonds is 9. The van der Waals surface area contributed by atoms with Crippen LogP contribution in [0.25, 0.3) is 11.1 Å². The smallest absolute Gasteiger partial charge is 0.253 e. The Morgan fingerprint density at radius 3 is 2.14 bits per heavy atom. The number of nitrogens with one attached hydrogen (secondary N) is 2. The van der Waals surface area contributed by atoms with E-state index in [0.717, 1.165) is 17.7 Å². The number of aliphatic hydroxyl groups is 1. The molecule has 2 atom stereocenters. The molecule has 1 aliphatic carbocycles. The average Bonchev–Trinajstić information content (AvgIpc) is 3.55. The van der Waals surface area contributed by atoms with Gasteiger partial charge in [-0.05, 0) is 35.1 Å². The fraction of sp³-hybridized carbons (Fsp3) is 0.381. The second-order valence-corrected chi connectivity index (χ2v) is 8.09. The minimum Gasteiger partial charge on any atom is -0.386 e. The van der Waals surface area contributed by atoms with E-state index in [1.54, 1.807) is 12.1 Å². The van der Waals surface area contributed by atoms with Gasteiger partial charge in [0.15, 0.2) is 4.84 Å². The van der Waals surface area contributed by atoms with Crippen LogP contribution in [0.15, 0.2) is 48.5 Å². The van der Waals surface area contributed by atoms with E-state index in [2.05, 4.69) is 34.9 Å². The summed E-state index contributed by atoms with van der Waals surface area (Å²) in [5, 5.41) is 16.2. The highest BCUT2D eigenvalue weighted by atomic mass is 35.5. The molecule has 0 unspecified atom stereocenters. The highest BCUT2D eigenvalue weighted by Crippen LogP contribution is 2.25. The van der Waals surface area contributed by atoms with E-state index in [1.807, 2.05) is 12.1 Å². The number of hydrogen-bond donors (Lipinski definition) is 3. The quantitative estimate of drug-likeness (QED) is 0.535. The number of benzene rings is 2. The van der Waals surface area contributed by atoms with Crippen molar-refractivity contribution < 1.29 is 14.3 Å². The Morgan fingerprint density at radius 1 is 1.07 bits per heavy atom. The second kappa shape index (κ2) is 9.70. The standard InChI is InChI=1S/C21H23Cl2FN2O2/c22-20(23)21(28)26-18(11-24)19(27)16-7-5-15(6-8-16)14-3-1-13(2-4-14)12-25-17-9-10-17/h1-8,17-20,25,27H,9-12H2,(H,26,28)/t18-,19-/m1/s1. The van der Waals surface area contributed by atoms with E-state index in [1.165, 1.54) is 18.4 Å². The molecule has 150 valence electrons. The van der Waals surface area contributed by atoms with E-state index in [-0.39, 0.29) is 0 Å². The van der Waals surface area contributed by atoms with Gasteiger partial charge in [-0.15, -0.1) is 0 Å². The SMILES string of the molecule is O=C(N[C@H](CF)[C@H](O)c1ccc(-c2ccc(CNC3CC3)cc2)cc1)C(Cl)Cl. The van der Waals surface area contributed by atoms with E-state index in [0.29, 0.717) is 11.6 Å². The van der Waals surface area contributed by atoms with Gasteiger partial charge in [0.25, 0.3) is 5.91 Å². The first-order chi connectivity index (χ1) is 13.5. The molecule has 3 rings (SSSR count). The number of aliphatic hydroxyl groups excluding tert-OH is 1. The lowest BCUT2D eigenvalue weighted by molar-refractivity contribution is -0.121. The molecule has 0 saturated heterocycles. The first-order valence-electron chi connectivity index (χ1n) is 9.23. The molecule has 4 nitrogen and oxygen atoms in total. The van der Waals surface area contributed by atoms with Gasteiger partial charge in [0.1, 0.15) is 12.8 Å². The van der Waals surface area contributed by atoms with Crippen molar-refractivity contribution in [1.82, 2.24) is 10.6 Å². The van der Waals surface area contributed by atoms with Crippen LogP contribution in [0, 0.1) is 0 Å². The molecular formula is C21H23Cl2FN2O2. The molecule has 1 amide bonds. The summed E-state index contributed by atoms with van der Waals surface area (Å²) in [5.41, 5.74) is 3.78. The summed E-state index contributed by atoms with van der Waals surface area (Å²) >= 11 is 10.9. The maximum atomic E-state index is 13.2. The average molecular weight is 425 g/mol. The Balaban J connectivity index is 1.63. The Bertz CT molecular complexity index is 780. The van der Waals surface area contributed by atoms with E-state index in [9.17, 15) is 14.3 Å². The molecule has 1 saturated carbocycles. The van der Waals surface area contributed by atoms with Gasteiger partial charge < -0.3 is 15.7 Å². The molecule has 0 spiro atoms. The Kier molecular flexibility index (Phi) is 7.30. The van der Waals surface area contributed by atoms with Crippen molar-refractivity contribution in [2.24, 2.45) is 0 Å². The molecule has 28 heavy (non-hydrogen) atoms. The van der Waals surface area contributed by atoms with E-state index < -0.39 is 29.6 Å². The van der Waals surface area contributed by atoms with Crippen LogP contribution in [0.4, 0.5) is 4.39 Å². The van der Waals surface area contributed by atoms with Crippen LogP contribution in [0.2, 0.25) is 0 Å². The van der Waals surface area contributed by atoms with Crippen molar-refractivity contribution in [3.05, 3.63) is 59.7 Å². The number of alkyl halides is 3. The van der Waals surface area contributed by atoms with Crippen molar-refractivity contribution in [2.45, 2.75) is 42.4 Å². The molecule has 0 aromatic heterocycles. The van der Waals surface area contributed by atoms with Crippen LogP contribution >= 0.6 is 23.2 Å². The van der Waals surface area contributed by atoms with Crippen LogP contribution in [0.5, 0.6) is 0 Å². The molecule has 2 aromatic carbocycles. The Labute approximate surface area is 174 Å². The van der Waals surface area contributed by atoms with Crippen LogP contribution in [0.1, 0.15) is 30.1 Å². The summed E-state index contributed by atoms with van der Waals surface area (Å²) < 4.78 is 13.2. The fourth-order valence-electron chi connectivity index (χ4n) is 2.92. The third-order valence-corrected chi connectivity index (χ3v) is 5.18. The van der Waals surface area contributed by atoms with Gasteiger partial charge in [0.2, 0.25) is 0 Å². The highest BCUT2D eigenvalue weighted by Gasteiger charge is 2.25. The summed E-state index contributed by atoms with van der Waals surface area (Å²) in [4.78, 5) is 10.2. The van der Waals surface area contributed by atoms with Gasteiger partial charge in [0, 0.05) is 12.6 Å². The third kappa shape index (κ3) is 5.67. The van der Waals surface area contributed by atoms with E-state index >= 15 is 0 Å². The van der Waals surface area contributed by atoms with Gasteiger partial charge in [-0.3, -0.25) is 4.79 Å². The van der Waals surface area contributed by atoms with Crippen LogP contribution < -0.4 is 10.6 Å². The zero-order chi connectivity index (χ0) is 20.1. The molecule has 0 radical (unpaired) electrons. The van der Waals surface area contributed by atoms with Crippen LogP contribution in [-0.2, 0) is 11.3 Å². The number of carbonyl (C=O) groups excluding carboxylic acids is 1. The molecule has 0 aliphatic heterocycles. The first kappa shape index (κ1) is 21.1. The monoisotopic (exact) mass is 424 g/mol. The van der Waals surface area contributed by atoms with Gasteiger partial charge in [-0.2, -0.15) is 0 Å². The number of carbonyl (C=O) groups is 1. The summed E-state index contributed by atoms with van der Waals surface area (Å²) in [6.45, 7) is -0.0661. The molecule has 0 heterocycles. The Morgan fingerprint density at radius 2 is 1.64 bits per heavy atom. The highest BCUT2D eigenvalue weighted by molar-refractivity contribution is 6.53. The van der Waals surface area contributed by atoms with Crippen molar-refractivity contribution in [3.63, 3.8) is 0 Å². The van der Waals surface area contributed by atoms with Crippen LogP contribution in [0.3, 0.4) is 0 Å². The largest absolute Gasteiger partial charge is 0.386 e. The minimum atomic E-state index is -1.31. The summed E-state index contributed by atoms with van der Waals surface area (Å²) in [6, 6.07) is 15.0. The van der Waals surface area contributed by atoms with Gasteiger partial charge >= 0.3 is 0 Å². The van der Waals surface area contributed by atoms with Crippen LogP contribution in [-0.4, -0.2) is 34.6 Å². The minimum absolute atomic E-state index is 0.498. The molecule has 7 heteroatoms. The molecule has 2 aromatic rings. The fourth-order valence-corrected chi connectivity index (χ4v) is 3.04. The van der Waals surface area contributed by atoms with Crippen molar-refractivity contribution >= 4 is 29.1 Å². The second-order valence-electron chi connectivity index (χ2n) is 6.99. The number of halogens is 3.